The van der Waals surface area contributed by atoms with E-state index in [0.29, 0.717) is 13.1 Å². The van der Waals surface area contributed by atoms with Gasteiger partial charge in [0.2, 0.25) is 0 Å². The molecular weight excluding hydrogens is 399 g/mol. The zero-order valence-electron chi connectivity index (χ0n) is 13.4. The maximum absolute atomic E-state index is 10.4. The van der Waals surface area contributed by atoms with E-state index in [1.165, 1.54) is 25.7 Å². The van der Waals surface area contributed by atoms with Crippen molar-refractivity contribution in [3.05, 3.63) is 63.4 Å². The summed E-state index contributed by atoms with van der Waals surface area (Å²) in [5.41, 5.74) is 4.74. The van der Waals surface area contributed by atoms with Crippen molar-refractivity contribution in [3.8, 4) is 0 Å². The van der Waals surface area contributed by atoms with Crippen LogP contribution in [0.2, 0.25) is 0 Å². The van der Waals surface area contributed by atoms with Gasteiger partial charge in [0.05, 0.1) is 12.6 Å². The fourth-order valence-electron chi connectivity index (χ4n) is 2.92. The van der Waals surface area contributed by atoms with Crippen molar-refractivity contribution in [1.29, 1.82) is 0 Å². The molecule has 0 aliphatic carbocycles. The number of fused-ring (bicyclic) bond motifs is 1. The van der Waals surface area contributed by atoms with Gasteiger partial charge in [0.15, 0.2) is 0 Å². The Bertz CT molecular complexity index is 808. The molecule has 1 atom stereocenters. The van der Waals surface area contributed by atoms with E-state index in [4.69, 9.17) is 0 Å². The SMILES string of the molecule is Cc1c(C)n(CC(O)CNc2ccc(I)cc2)c2ccccc12. The number of rotatable bonds is 5. The van der Waals surface area contributed by atoms with Crippen LogP contribution in [0.4, 0.5) is 5.69 Å². The van der Waals surface area contributed by atoms with Crippen molar-refractivity contribution in [1.82, 2.24) is 4.57 Å². The lowest BCUT2D eigenvalue weighted by Gasteiger charge is -2.16. The topological polar surface area (TPSA) is 37.2 Å². The normalized spacial score (nSPS) is 12.5. The quantitative estimate of drug-likeness (QED) is 0.603. The van der Waals surface area contributed by atoms with E-state index in [-0.39, 0.29) is 0 Å². The molecule has 0 spiro atoms. The van der Waals surface area contributed by atoms with E-state index in [1.807, 2.05) is 18.2 Å². The van der Waals surface area contributed by atoms with Gasteiger partial charge in [-0.15, -0.1) is 0 Å². The molecule has 3 nitrogen and oxygen atoms in total. The Morgan fingerprint density at radius 3 is 2.52 bits per heavy atom. The van der Waals surface area contributed by atoms with E-state index in [2.05, 4.69) is 76.7 Å². The van der Waals surface area contributed by atoms with Crippen molar-refractivity contribution in [2.24, 2.45) is 0 Å². The highest BCUT2D eigenvalue weighted by Crippen LogP contribution is 2.25. The zero-order valence-corrected chi connectivity index (χ0v) is 15.5. The van der Waals surface area contributed by atoms with E-state index < -0.39 is 6.10 Å². The van der Waals surface area contributed by atoms with Gasteiger partial charge in [0.1, 0.15) is 0 Å². The molecule has 2 aromatic carbocycles. The number of hydrogen-bond donors (Lipinski definition) is 2. The molecule has 0 amide bonds. The van der Waals surface area contributed by atoms with Gasteiger partial charge in [-0.2, -0.15) is 0 Å². The zero-order chi connectivity index (χ0) is 16.4. The average Bonchev–Trinajstić information content (AvgIpc) is 2.80. The van der Waals surface area contributed by atoms with Crippen molar-refractivity contribution in [2.45, 2.75) is 26.5 Å². The Morgan fingerprint density at radius 2 is 1.78 bits per heavy atom. The number of nitrogens with zero attached hydrogens (tertiary/aromatic N) is 1. The summed E-state index contributed by atoms with van der Waals surface area (Å²) in [5.74, 6) is 0. The monoisotopic (exact) mass is 420 g/mol. The molecule has 0 saturated heterocycles. The lowest BCUT2D eigenvalue weighted by atomic mass is 10.2. The van der Waals surface area contributed by atoms with Gasteiger partial charge in [-0.1, -0.05) is 18.2 Å². The van der Waals surface area contributed by atoms with Gasteiger partial charge in [-0.05, 0) is 72.3 Å². The minimum absolute atomic E-state index is 0.441. The molecule has 1 heterocycles. The lowest BCUT2D eigenvalue weighted by molar-refractivity contribution is 0.167. The Hall–Kier alpha value is -1.53. The number of aliphatic hydroxyl groups excluding tert-OH is 1. The highest BCUT2D eigenvalue weighted by atomic mass is 127. The van der Waals surface area contributed by atoms with E-state index >= 15 is 0 Å². The third-order valence-corrected chi connectivity index (χ3v) is 5.04. The van der Waals surface area contributed by atoms with Crippen LogP contribution < -0.4 is 5.32 Å². The number of anilines is 1. The molecule has 3 rings (SSSR count). The second-order valence-electron chi connectivity index (χ2n) is 5.88. The molecule has 120 valence electrons. The van der Waals surface area contributed by atoms with Gasteiger partial charge in [0.25, 0.3) is 0 Å². The van der Waals surface area contributed by atoms with Crippen LogP contribution in [0.25, 0.3) is 10.9 Å². The Labute approximate surface area is 150 Å². The summed E-state index contributed by atoms with van der Waals surface area (Å²) in [4.78, 5) is 0. The van der Waals surface area contributed by atoms with Crippen LogP contribution in [0.5, 0.6) is 0 Å². The number of benzene rings is 2. The third kappa shape index (κ3) is 3.53. The van der Waals surface area contributed by atoms with Crippen LogP contribution in [-0.2, 0) is 6.54 Å². The minimum atomic E-state index is -0.441. The number of nitrogens with one attached hydrogen (secondary N) is 1. The first-order valence-corrected chi connectivity index (χ1v) is 8.86. The Morgan fingerprint density at radius 1 is 1.09 bits per heavy atom. The van der Waals surface area contributed by atoms with Gasteiger partial charge < -0.3 is 15.0 Å². The summed E-state index contributed by atoms with van der Waals surface area (Å²) in [6, 6.07) is 16.6. The predicted molar refractivity (Wildman–Crippen MR) is 105 cm³/mol. The highest BCUT2D eigenvalue weighted by molar-refractivity contribution is 14.1. The summed E-state index contributed by atoms with van der Waals surface area (Å²) in [6.45, 7) is 5.39. The van der Waals surface area contributed by atoms with E-state index in [9.17, 15) is 5.11 Å². The first-order valence-electron chi connectivity index (χ1n) is 7.78. The predicted octanol–water partition coefficient (Wildman–Crippen LogP) is 4.34. The molecule has 4 heteroatoms. The van der Waals surface area contributed by atoms with Crippen molar-refractivity contribution < 1.29 is 5.11 Å². The maximum atomic E-state index is 10.4. The van der Waals surface area contributed by atoms with Crippen molar-refractivity contribution in [3.63, 3.8) is 0 Å². The van der Waals surface area contributed by atoms with Crippen LogP contribution in [0.3, 0.4) is 0 Å². The molecule has 0 saturated carbocycles. The number of hydrogen-bond acceptors (Lipinski definition) is 2. The second kappa shape index (κ2) is 6.93. The molecule has 0 fully saturated rings. The number of aryl methyl sites for hydroxylation is 1. The molecule has 2 N–H and O–H groups in total. The Kier molecular flexibility index (Phi) is 4.92. The number of halogens is 1. The first-order chi connectivity index (χ1) is 11.1. The third-order valence-electron chi connectivity index (χ3n) is 4.33. The van der Waals surface area contributed by atoms with Gasteiger partial charge >= 0.3 is 0 Å². The number of aliphatic hydroxyl groups is 1. The molecule has 0 radical (unpaired) electrons. The van der Waals surface area contributed by atoms with Crippen molar-refractivity contribution >= 4 is 39.2 Å². The molecule has 0 bridgehead atoms. The van der Waals surface area contributed by atoms with Crippen LogP contribution in [0, 0.1) is 17.4 Å². The molecule has 3 aromatic rings. The first kappa shape index (κ1) is 16.3. The molecule has 1 aromatic heterocycles. The fourth-order valence-corrected chi connectivity index (χ4v) is 3.28. The van der Waals surface area contributed by atoms with Gasteiger partial charge in [0, 0.05) is 32.4 Å². The summed E-state index contributed by atoms with van der Waals surface area (Å²) >= 11 is 2.29. The summed E-state index contributed by atoms with van der Waals surface area (Å²) in [5, 5.41) is 15.0. The molecule has 1 unspecified atom stereocenters. The van der Waals surface area contributed by atoms with Crippen LogP contribution in [-0.4, -0.2) is 22.3 Å². The molecule has 0 aliphatic heterocycles. The summed E-state index contributed by atoms with van der Waals surface area (Å²) in [7, 11) is 0. The second-order valence-corrected chi connectivity index (χ2v) is 7.13. The Balaban J connectivity index is 1.72. The van der Waals surface area contributed by atoms with Crippen LogP contribution in [0.1, 0.15) is 11.3 Å². The number of aromatic nitrogens is 1. The van der Waals surface area contributed by atoms with Gasteiger partial charge in [-0.25, -0.2) is 0 Å². The van der Waals surface area contributed by atoms with E-state index in [1.54, 1.807) is 0 Å². The standard InChI is InChI=1S/C19H21IN2O/c1-13-14(2)22(19-6-4-3-5-18(13)19)12-17(23)11-21-16-9-7-15(20)8-10-16/h3-10,17,21,23H,11-12H2,1-2H3. The molecule has 0 aliphatic rings. The average molecular weight is 420 g/mol. The van der Waals surface area contributed by atoms with Gasteiger partial charge in [-0.3, -0.25) is 0 Å². The maximum Gasteiger partial charge on any atom is 0.0891 e. The minimum Gasteiger partial charge on any atom is -0.389 e. The largest absolute Gasteiger partial charge is 0.389 e. The van der Waals surface area contributed by atoms with Crippen molar-refractivity contribution in [2.75, 3.05) is 11.9 Å². The summed E-state index contributed by atoms with van der Waals surface area (Å²) in [6.07, 6.45) is -0.441. The molecular formula is C19H21IN2O. The van der Waals surface area contributed by atoms with Crippen LogP contribution >= 0.6 is 22.6 Å². The van der Waals surface area contributed by atoms with Crippen LogP contribution in [0.15, 0.2) is 48.5 Å². The lowest BCUT2D eigenvalue weighted by Crippen LogP contribution is -2.25. The molecule has 23 heavy (non-hydrogen) atoms. The fraction of sp³-hybridized carbons (Fsp3) is 0.263. The smallest absolute Gasteiger partial charge is 0.0891 e. The number of para-hydroxylation sites is 1. The van der Waals surface area contributed by atoms with E-state index in [0.717, 1.165) is 5.69 Å². The highest BCUT2D eigenvalue weighted by Gasteiger charge is 2.13. The summed E-state index contributed by atoms with van der Waals surface area (Å²) < 4.78 is 3.42.